The van der Waals surface area contributed by atoms with Crippen LogP contribution in [0.25, 0.3) is 22.4 Å². The van der Waals surface area contributed by atoms with Gasteiger partial charge in [0.25, 0.3) is 0 Å². The smallest absolute Gasteiger partial charge is 0.225 e. The molecule has 28 heavy (non-hydrogen) atoms. The van der Waals surface area contributed by atoms with Gasteiger partial charge >= 0.3 is 0 Å². The lowest BCUT2D eigenvalue weighted by atomic mass is 10.2. The Morgan fingerprint density at radius 1 is 0.821 bits per heavy atom. The first kappa shape index (κ1) is 16.5. The Kier molecular flexibility index (Phi) is 4.04. The third kappa shape index (κ3) is 2.90. The fourth-order valence-corrected chi connectivity index (χ4v) is 3.50. The van der Waals surface area contributed by atoms with Gasteiger partial charge in [-0.3, -0.25) is 4.98 Å². The molecule has 140 valence electrons. The van der Waals surface area contributed by atoms with Crippen molar-refractivity contribution in [3.63, 3.8) is 0 Å². The number of aryl methyl sites for hydroxylation is 1. The number of hydrogen-bond donors (Lipinski definition) is 0. The van der Waals surface area contributed by atoms with Crippen LogP contribution in [0.5, 0.6) is 0 Å². The second kappa shape index (κ2) is 6.84. The Morgan fingerprint density at radius 3 is 2.43 bits per heavy atom. The summed E-state index contributed by atoms with van der Waals surface area (Å²) in [6.07, 6.45) is 8.72. The number of imidazole rings is 1. The molecule has 0 radical (unpaired) electrons. The molecule has 0 amide bonds. The summed E-state index contributed by atoms with van der Waals surface area (Å²) in [6, 6.07) is 5.84. The Hall–Kier alpha value is -3.62. The van der Waals surface area contributed by atoms with Crippen LogP contribution in [0.3, 0.4) is 0 Å². The largest absolute Gasteiger partial charge is 0.351 e. The summed E-state index contributed by atoms with van der Waals surface area (Å²) in [5.41, 5.74) is 3.63. The minimum absolute atomic E-state index is 0.725. The van der Waals surface area contributed by atoms with Gasteiger partial charge < -0.3 is 14.4 Å². The number of hydrogen-bond acceptors (Lipinski definition) is 8. The van der Waals surface area contributed by atoms with Gasteiger partial charge in [-0.25, -0.2) is 24.9 Å². The fraction of sp³-hybridized carbons (Fsp3) is 0.263. The predicted octanol–water partition coefficient (Wildman–Crippen LogP) is 1.54. The summed E-state index contributed by atoms with van der Waals surface area (Å²) < 4.78 is 1.97. The Balaban J connectivity index is 1.36. The molecule has 0 atom stereocenters. The number of anilines is 2. The molecule has 0 aliphatic carbocycles. The third-order valence-corrected chi connectivity index (χ3v) is 4.97. The third-order valence-electron chi connectivity index (χ3n) is 4.97. The second-order valence-electron chi connectivity index (χ2n) is 6.68. The summed E-state index contributed by atoms with van der Waals surface area (Å²) in [7, 11) is 1.97. The minimum Gasteiger partial charge on any atom is -0.351 e. The Labute approximate surface area is 161 Å². The number of aromatic nitrogens is 7. The molecule has 0 spiro atoms. The number of pyridine rings is 1. The van der Waals surface area contributed by atoms with Crippen LogP contribution in [0, 0.1) is 0 Å². The summed E-state index contributed by atoms with van der Waals surface area (Å²) in [6.45, 7) is 3.31. The number of piperazine rings is 1. The van der Waals surface area contributed by atoms with Crippen LogP contribution in [0.1, 0.15) is 0 Å². The zero-order valence-corrected chi connectivity index (χ0v) is 15.5. The zero-order valence-electron chi connectivity index (χ0n) is 15.5. The normalized spacial score (nSPS) is 14.6. The zero-order chi connectivity index (χ0) is 18.9. The lowest BCUT2D eigenvalue weighted by Crippen LogP contribution is -2.47. The summed E-state index contributed by atoms with van der Waals surface area (Å²) in [5, 5.41) is 0. The van der Waals surface area contributed by atoms with E-state index in [0.717, 1.165) is 60.4 Å². The predicted molar refractivity (Wildman–Crippen MR) is 106 cm³/mol. The van der Waals surface area contributed by atoms with Crippen molar-refractivity contribution in [3.05, 3.63) is 49.4 Å². The number of nitrogens with zero attached hydrogens (tertiary/aromatic N) is 9. The van der Waals surface area contributed by atoms with Crippen LogP contribution in [0.4, 0.5) is 11.8 Å². The molecular weight excluding hydrogens is 354 g/mol. The van der Waals surface area contributed by atoms with Gasteiger partial charge in [0.1, 0.15) is 11.8 Å². The second-order valence-corrected chi connectivity index (χ2v) is 6.68. The van der Waals surface area contributed by atoms with E-state index >= 15 is 0 Å². The summed E-state index contributed by atoms with van der Waals surface area (Å²) in [4.78, 5) is 30.9. The van der Waals surface area contributed by atoms with Crippen LogP contribution in [0.2, 0.25) is 0 Å². The van der Waals surface area contributed by atoms with Crippen molar-refractivity contribution in [3.8, 4) is 11.3 Å². The van der Waals surface area contributed by atoms with Crippen molar-refractivity contribution in [2.75, 3.05) is 36.0 Å². The molecule has 4 aromatic rings. The highest BCUT2D eigenvalue weighted by Gasteiger charge is 2.23. The lowest BCUT2D eigenvalue weighted by molar-refractivity contribution is 0.635. The topological polar surface area (TPSA) is 88.8 Å². The SMILES string of the molecule is Cn1cnc2ncnc(N3CCN(c4nccc(-c5ccncc5)n4)CC3)c21. The number of fused-ring (bicyclic) bond motifs is 1. The first-order valence-corrected chi connectivity index (χ1v) is 9.15. The molecule has 0 aromatic carbocycles. The molecule has 1 aliphatic heterocycles. The van der Waals surface area contributed by atoms with Crippen LogP contribution < -0.4 is 9.80 Å². The van der Waals surface area contributed by atoms with Gasteiger partial charge in [-0.2, -0.15) is 0 Å². The van der Waals surface area contributed by atoms with Crippen LogP contribution in [-0.4, -0.2) is 60.6 Å². The summed E-state index contributed by atoms with van der Waals surface area (Å²) in [5.74, 6) is 1.68. The van der Waals surface area contributed by atoms with Gasteiger partial charge in [-0.1, -0.05) is 0 Å². The van der Waals surface area contributed by atoms with E-state index in [4.69, 9.17) is 4.98 Å². The van der Waals surface area contributed by atoms with E-state index < -0.39 is 0 Å². The molecule has 9 nitrogen and oxygen atoms in total. The van der Waals surface area contributed by atoms with Gasteiger partial charge in [0.05, 0.1) is 12.0 Å². The molecule has 5 rings (SSSR count). The van der Waals surface area contributed by atoms with E-state index in [0.29, 0.717) is 0 Å². The maximum atomic E-state index is 4.75. The van der Waals surface area contributed by atoms with Crippen molar-refractivity contribution in [2.24, 2.45) is 7.05 Å². The maximum Gasteiger partial charge on any atom is 0.225 e. The molecular formula is C19H19N9. The quantitative estimate of drug-likeness (QED) is 0.534. The maximum absolute atomic E-state index is 4.75. The van der Waals surface area contributed by atoms with Gasteiger partial charge in [0, 0.05) is 57.4 Å². The van der Waals surface area contributed by atoms with Gasteiger partial charge in [0.15, 0.2) is 11.5 Å². The average Bonchev–Trinajstić information content (AvgIpc) is 3.16. The van der Waals surface area contributed by atoms with Gasteiger partial charge in [0.2, 0.25) is 5.95 Å². The molecule has 0 N–H and O–H groups in total. The highest BCUT2D eigenvalue weighted by Crippen LogP contribution is 2.24. The molecule has 0 bridgehead atoms. The van der Waals surface area contributed by atoms with Crippen LogP contribution in [0.15, 0.2) is 49.4 Å². The monoisotopic (exact) mass is 373 g/mol. The van der Waals surface area contributed by atoms with Crippen molar-refractivity contribution in [1.29, 1.82) is 0 Å². The van der Waals surface area contributed by atoms with Crippen molar-refractivity contribution < 1.29 is 0 Å². The Bertz CT molecular complexity index is 1100. The van der Waals surface area contributed by atoms with Crippen molar-refractivity contribution >= 4 is 22.9 Å². The molecule has 5 heterocycles. The van der Waals surface area contributed by atoms with E-state index in [-0.39, 0.29) is 0 Å². The average molecular weight is 373 g/mol. The molecule has 1 saturated heterocycles. The van der Waals surface area contributed by atoms with E-state index in [9.17, 15) is 0 Å². The molecule has 0 saturated carbocycles. The molecule has 1 aliphatic rings. The number of rotatable bonds is 3. The summed E-state index contributed by atoms with van der Waals surface area (Å²) >= 11 is 0. The molecule has 9 heteroatoms. The van der Waals surface area contributed by atoms with Gasteiger partial charge in [-0.15, -0.1) is 0 Å². The first-order valence-electron chi connectivity index (χ1n) is 9.15. The lowest BCUT2D eigenvalue weighted by Gasteiger charge is -2.35. The van der Waals surface area contributed by atoms with E-state index in [2.05, 4.69) is 34.7 Å². The highest BCUT2D eigenvalue weighted by atomic mass is 15.3. The van der Waals surface area contributed by atoms with Gasteiger partial charge in [-0.05, 0) is 18.2 Å². The van der Waals surface area contributed by atoms with Crippen LogP contribution in [-0.2, 0) is 7.05 Å². The molecule has 0 unspecified atom stereocenters. The minimum atomic E-state index is 0.725. The molecule has 4 aromatic heterocycles. The van der Waals surface area contributed by atoms with Crippen molar-refractivity contribution in [2.45, 2.75) is 0 Å². The molecule has 1 fully saturated rings. The van der Waals surface area contributed by atoms with E-state index in [1.807, 2.05) is 36.0 Å². The first-order chi connectivity index (χ1) is 13.8. The van der Waals surface area contributed by atoms with E-state index in [1.54, 1.807) is 25.0 Å². The Morgan fingerprint density at radius 2 is 1.61 bits per heavy atom. The van der Waals surface area contributed by atoms with E-state index in [1.165, 1.54) is 0 Å². The fourth-order valence-electron chi connectivity index (χ4n) is 3.50. The standard InChI is InChI=1S/C19H19N9/c1-26-13-24-17-16(26)18(23-12-22-17)27-8-10-28(11-9-27)19-21-7-4-15(25-19)14-2-5-20-6-3-14/h2-7,12-13H,8-11H2,1H3. The van der Waals surface area contributed by atoms with Crippen molar-refractivity contribution in [1.82, 2.24) is 34.5 Å². The highest BCUT2D eigenvalue weighted by molar-refractivity contribution is 5.83. The van der Waals surface area contributed by atoms with Crippen LogP contribution >= 0.6 is 0 Å².